The fourth-order valence-corrected chi connectivity index (χ4v) is 5.82. The molecule has 10 atom stereocenters. The zero-order valence-corrected chi connectivity index (χ0v) is 17.9. The van der Waals surface area contributed by atoms with Crippen molar-refractivity contribution in [2.75, 3.05) is 6.61 Å². The quantitative estimate of drug-likeness (QED) is 0.372. The van der Waals surface area contributed by atoms with E-state index >= 15 is 0 Å². The van der Waals surface area contributed by atoms with E-state index in [2.05, 4.69) is 6.92 Å². The second kappa shape index (κ2) is 7.98. The summed E-state index contributed by atoms with van der Waals surface area (Å²) in [5.41, 5.74) is -1.98. The van der Waals surface area contributed by atoms with E-state index < -0.39 is 54.6 Å². The summed E-state index contributed by atoms with van der Waals surface area (Å²) in [6, 6.07) is 0. The molecule has 1 saturated heterocycles. The molecule has 0 unspecified atom stereocenters. The molecule has 2 saturated carbocycles. The lowest BCUT2D eigenvalue weighted by atomic mass is 9.51. The minimum Gasteiger partial charge on any atom is -0.394 e. The maximum atomic E-state index is 11.0. The average molecular weight is 419 g/mol. The molecule has 0 aromatic heterocycles. The van der Waals surface area contributed by atoms with Gasteiger partial charge in [0, 0.05) is 0 Å². The fourth-order valence-electron chi connectivity index (χ4n) is 5.82. The Morgan fingerprint density at radius 2 is 1.66 bits per heavy atom. The highest BCUT2D eigenvalue weighted by atomic mass is 16.7. The summed E-state index contributed by atoms with van der Waals surface area (Å²) in [5, 5.41) is 61.3. The van der Waals surface area contributed by atoms with Crippen LogP contribution in [-0.2, 0) is 9.47 Å². The van der Waals surface area contributed by atoms with Crippen LogP contribution >= 0.6 is 0 Å². The van der Waals surface area contributed by atoms with Crippen LogP contribution in [0.1, 0.15) is 59.8 Å². The molecule has 170 valence electrons. The van der Waals surface area contributed by atoms with Crippen LogP contribution < -0.4 is 0 Å². The number of hydrogen-bond acceptors (Lipinski definition) is 8. The van der Waals surface area contributed by atoms with Gasteiger partial charge in [-0.25, -0.2) is 0 Å². The maximum Gasteiger partial charge on any atom is 0.187 e. The molecule has 3 rings (SSSR count). The van der Waals surface area contributed by atoms with Crippen LogP contribution in [0, 0.1) is 17.3 Å². The highest BCUT2D eigenvalue weighted by Crippen LogP contribution is 2.57. The van der Waals surface area contributed by atoms with Crippen molar-refractivity contribution in [2.24, 2.45) is 17.3 Å². The molecule has 2 aliphatic carbocycles. The highest BCUT2D eigenvalue weighted by Gasteiger charge is 2.57. The summed E-state index contributed by atoms with van der Waals surface area (Å²) in [7, 11) is 0. The topological polar surface area (TPSA) is 140 Å². The molecule has 6 N–H and O–H groups in total. The van der Waals surface area contributed by atoms with Crippen molar-refractivity contribution < 1.29 is 40.1 Å². The number of ether oxygens (including phenoxy) is 2. The number of rotatable bonds is 4. The molecule has 0 aromatic carbocycles. The molecule has 1 aliphatic heterocycles. The molecule has 3 fully saturated rings. The maximum absolute atomic E-state index is 11.0. The van der Waals surface area contributed by atoms with Crippen molar-refractivity contribution in [1.82, 2.24) is 0 Å². The summed E-state index contributed by atoms with van der Waals surface area (Å²) in [4.78, 5) is 0. The summed E-state index contributed by atoms with van der Waals surface area (Å²) in [6.07, 6.45) is -3.66. The zero-order valence-electron chi connectivity index (χ0n) is 17.9. The molecule has 29 heavy (non-hydrogen) atoms. The van der Waals surface area contributed by atoms with Crippen LogP contribution in [0.2, 0.25) is 0 Å². The van der Waals surface area contributed by atoms with E-state index in [1.165, 1.54) is 0 Å². The monoisotopic (exact) mass is 418 g/mol. The van der Waals surface area contributed by atoms with E-state index in [1.54, 1.807) is 0 Å². The lowest BCUT2D eigenvalue weighted by Gasteiger charge is -2.58. The van der Waals surface area contributed by atoms with Crippen molar-refractivity contribution in [2.45, 2.75) is 108 Å². The van der Waals surface area contributed by atoms with E-state index in [0.29, 0.717) is 19.3 Å². The first-order chi connectivity index (χ1) is 13.3. The number of aliphatic hydroxyl groups excluding tert-OH is 5. The Hall–Kier alpha value is -0.320. The van der Waals surface area contributed by atoms with Crippen LogP contribution in [0.4, 0.5) is 0 Å². The molecule has 0 amide bonds. The van der Waals surface area contributed by atoms with E-state index in [9.17, 15) is 30.6 Å². The van der Waals surface area contributed by atoms with E-state index in [1.807, 2.05) is 20.8 Å². The standard InChI is InChI=1S/C21H38O8/c1-19(2,29-18-17(26)16(25)15(24)12(10-22)28-18)11-5-7-20(3)13(9-11)21(4,27)8-6-14(20)23/h11-18,22-27H,5-10H2,1-4H3/t11-,12-,13-,14+,15-,16+,17-,18+,20-,21-/m1/s1. The van der Waals surface area contributed by atoms with E-state index in [0.717, 1.165) is 12.8 Å². The normalized spacial score (nSPS) is 51.5. The zero-order chi connectivity index (χ0) is 21.8. The minimum absolute atomic E-state index is 0.0321. The van der Waals surface area contributed by atoms with Gasteiger partial charge in [-0.1, -0.05) is 6.92 Å². The number of fused-ring (bicyclic) bond motifs is 1. The van der Waals surface area contributed by atoms with Crippen molar-refractivity contribution in [3.05, 3.63) is 0 Å². The molecule has 8 nitrogen and oxygen atoms in total. The fraction of sp³-hybridized carbons (Fsp3) is 1.00. The van der Waals surface area contributed by atoms with Gasteiger partial charge in [0.2, 0.25) is 0 Å². The first-order valence-electron chi connectivity index (χ1n) is 10.7. The summed E-state index contributed by atoms with van der Waals surface area (Å²) in [5.74, 6) is -0.0557. The van der Waals surface area contributed by atoms with Gasteiger partial charge in [0.25, 0.3) is 0 Å². The smallest absolute Gasteiger partial charge is 0.187 e. The Labute approximate surface area is 172 Å². The van der Waals surface area contributed by atoms with Gasteiger partial charge in [0.15, 0.2) is 6.29 Å². The Kier molecular flexibility index (Phi) is 6.43. The Bertz CT molecular complexity index is 579. The van der Waals surface area contributed by atoms with Gasteiger partial charge in [-0.3, -0.25) is 0 Å². The molecular formula is C21H38O8. The van der Waals surface area contributed by atoms with Crippen LogP contribution in [0.5, 0.6) is 0 Å². The third-order valence-electron chi connectivity index (χ3n) is 8.04. The first kappa shape index (κ1) is 23.3. The minimum atomic E-state index is -1.48. The van der Waals surface area contributed by atoms with Crippen LogP contribution in [0.25, 0.3) is 0 Å². The van der Waals surface area contributed by atoms with Gasteiger partial charge < -0.3 is 40.1 Å². The second-order valence-electron chi connectivity index (χ2n) is 10.4. The van der Waals surface area contributed by atoms with Gasteiger partial charge in [-0.05, 0) is 70.1 Å². The highest BCUT2D eigenvalue weighted by molar-refractivity contribution is 5.07. The SMILES string of the molecule is CC(C)(O[C@@H]1O[C@H](CO)[C@@H](O)[C@H](O)[C@H]1O)[C@@H]1CC[C@]2(C)[C@@H](C1)[C@](C)(O)CC[C@@H]2O. The average Bonchev–Trinajstić information content (AvgIpc) is 2.65. The molecule has 0 radical (unpaired) electrons. The third-order valence-corrected chi connectivity index (χ3v) is 8.04. The predicted octanol–water partition coefficient (Wildman–Crippen LogP) is -0.0902. The summed E-state index contributed by atoms with van der Waals surface area (Å²) < 4.78 is 11.6. The molecule has 1 heterocycles. The summed E-state index contributed by atoms with van der Waals surface area (Å²) in [6.45, 7) is 7.16. The van der Waals surface area contributed by atoms with E-state index in [-0.39, 0.29) is 17.3 Å². The van der Waals surface area contributed by atoms with Gasteiger partial charge in [-0.15, -0.1) is 0 Å². The van der Waals surface area contributed by atoms with Gasteiger partial charge in [-0.2, -0.15) is 0 Å². The molecule has 0 spiro atoms. The molecule has 8 heteroatoms. The van der Waals surface area contributed by atoms with Crippen LogP contribution in [-0.4, -0.2) is 85.3 Å². The Balaban J connectivity index is 1.74. The second-order valence-corrected chi connectivity index (χ2v) is 10.4. The molecule has 0 bridgehead atoms. The first-order valence-corrected chi connectivity index (χ1v) is 10.7. The molecule has 3 aliphatic rings. The van der Waals surface area contributed by atoms with Crippen molar-refractivity contribution in [1.29, 1.82) is 0 Å². The van der Waals surface area contributed by atoms with Gasteiger partial charge in [0.1, 0.15) is 24.4 Å². The molecule has 0 aromatic rings. The largest absolute Gasteiger partial charge is 0.394 e. The van der Waals surface area contributed by atoms with Gasteiger partial charge >= 0.3 is 0 Å². The Morgan fingerprint density at radius 3 is 2.28 bits per heavy atom. The number of hydrogen-bond donors (Lipinski definition) is 6. The van der Waals surface area contributed by atoms with Crippen LogP contribution in [0.3, 0.4) is 0 Å². The molecular weight excluding hydrogens is 380 g/mol. The van der Waals surface area contributed by atoms with Crippen molar-refractivity contribution in [3.8, 4) is 0 Å². The summed E-state index contributed by atoms with van der Waals surface area (Å²) >= 11 is 0. The number of aliphatic hydroxyl groups is 6. The van der Waals surface area contributed by atoms with Crippen molar-refractivity contribution >= 4 is 0 Å². The Morgan fingerprint density at radius 1 is 1.00 bits per heavy atom. The van der Waals surface area contributed by atoms with Gasteiger partial charge in [0.05, 0.1) is 23.9 Å². The third kappa shape index (κ3) is 4.11. The predicted molar refractivity (Wildman–Crippen MR) is 104 cm³/mol. The van der Waals surface area contributed by atoms with Crippen LogP contribution in [0.15, 0.2) is 0 Å². The lowest BCUT2D eigenvalue weighted by Crippen LogP contribution is -2.62. The van der Waals surface area contributed by atoms with Crippen molar-refractivity contribution in [3.63, 3.8) is 0 Å². The lowest BCUT2D eigenvalue weighted by molar-refractivity contribution is -0.331. The van der Waals surface area contributed by atoms with E-state index in [4.69, 9.17) is 9.47 Å².